The van der Waals surface area contributed by atoms with Crippen molar-refractivity contribution in [1.29, 1.82) is 0 Å². The Bertz CT molecular complexity index is 682. The zero-order chi connectivity index (χ0) is 16.0. The summed E-state index contributed by atoms with van der Waals surface area (Å²) in [5.74, 6) is 0. The molecule has 0 unspecified atom stereocenters. The Labute approximate surface area is 126 Å². The minimum absolute atomic E-state index is 0.0308. The van der Waals surface area contributed by atoms with Crippen molar-refractivity contribution in [3.63, 3.8) is 0 Å². The Kier molecular flexibility index (Phi) is 3.64. The van der Waals surface area contributed by atoms with E-state index in [4.69, 9.17) is 4.74 Å². The molecule has 0 aliphatic rings. The Morgan fingerprint density at radius 1 is 1.05 bits per heavy atom. The number of nitrogens with zero attached hydrogens (tertiary/aromatic N) is 1. The highest BCUT2D eigenvalue weighted by atomic mass is 16.6. The third kappa shape index (κ3) is 2.97. The highest BCUT2D eigenvalue weighted by Gasteiger charge is 2.28. The molecule has 0 amide bonds. The maximum absolute atomic E-state index is 12.6. The summed E-state index contributed by atoms with van der Waals surface area (Å²) >= 11 is 0. The third-order valence-electron chi connectivity index (χ3n) is 3.44. The van der Waals surface area contributed by atoms with Crippen LogP contribution in [0.2, 0.25) is 0 Å². The minimum atomic E-state index is -0.503. The Morgan fingerprint density at radius 3 is 2.14 bits per heavy atom. The highest BCUT2D eigenvalue weighted by molar-refractivity contribution is 5.94. The lowest BCUT2D eigenvalue weighted by Crippen LogP contribution is -2.28. The number of benzene rings is 1. The molecule has 0 saturated heterocycles. The van der Waals surface area contributed by atoms with Crippen LogP contribution in [0.25, 0.3) is 10.9 Å². The smallest absolute Gasteiger partial charge is 0.419 e. The molecule has 3 heteroatoms. The molecular formula is C18H25NO2. The molecule has 3 nitrogen and oxygen atoms in total. The van der Waals surface area contributed by atoms with E-state index in [0.29, 0.717) is 0 Å². The fourth-order valence-electron chi connectivity index (χ4n) is 2.86. The van der Waals surface area contributed by atoms with Crippen molar-refractivity contribution in [2.45, 2.75) is 59.5 Å². The van der Waals surface area contributed by atoms with Crippen molar-refractivity contribution in [3.05, 3.63) is 35.5 Å². The quantitative estimate of drug-likeness (QED) is 0.680. The number of fused-ring (bicyclic) bond motifs is 1. The first kappa shape index (κ1) is 15.6. The van der Waals surface area contributed by atoms with Crippen molar-refractivity contribution in [2.75, 3.05) is 0 Å². The van der Waals surface area contributed by atoms with E-state index in [1.54, 1.807) is 4.57 Å². The minimum Gasteiger partial charge on any atom is -0.443 e. The van der Waals surface area contributed by atoms with Gasteiger partial charge in [0.05, 0.1) is 5.52 Å². The number of carbonyl (C=O) groups is 1. The first-order valence-electron chi connectivity index (χ1n) is 7.36. The van der Waals surface area contributed by atoms with Gasteiger partial charge in [-0.3, -0.25) is 0 Å². The van der Waals surface area contributed by atoms with Gasteiger partial charge in [0.1, 0.15) is 5.60 Å². The molecule has 0 aliphatic heterocycles. The molecule has 0 aliphatic carbocycles. The van der Waals surface area contributed by atoms with Gasteiger partial charge in [0, 0.05) is 11.1 Å². The van der Waals surface area contributed by atoms with Crippen molar-refractivity contribution in [2.24, 2.45) is 0 Å². The first-order valence-corrected chi connectivity index (χ1v) is 7.36. The molecule has 0 bridgehead atoms. The fraction of sp³-hybridized carbons (Fsp3) is 0.500. The maximum atomic E-state index is 12.6. The monoisotopic (exact) mass is 287 g/mol. The average molecular weight is 287 g/mol. The molecule has 0 N–H and O–H groups in total. The summed E-state index contributed by atoms with van der Waals surface area (Å²) in [7, 11) is 0. The lowest BCUT2D eigenvalue weighted by molar-refractivity contribution is 0.0541. The maximum Gasteiger partial charge on any atom is 0.419 e. The summed E-state index contributed by atoms with van der Waals surface area (Å²) in [6.45, 7) is 14.2. The van der Waals surface area contributed by atoms with E-state index in [0.717, 1.165) is 16.6 Å². The summed E-state index contributed by atoms with van der Waals surface area (Å²) in [6.07, 6.45) is -0.313. The van der Waals surface area contributed by atoms with Crippen molar-refractivity contribution < 1.29 is 9.53 Å². The van der Waals surface area contributed by atoms with Gasteiger partial charge in [0.15, 0.2) is 0 Å². The van der Waals surface area contributed by atoms with Crippen LogP contribution in [0.5, 0.6) is 0 Å². The van der Waals surface area contributed by atoms with E-state index >= 15 is 0 Å². The van der Waals surface area contributed by atoms with Crippen LogP contribution in [0.15, 0.2) is 24.3 Å². The van der Waals surface area contributed by atoms with Gasteiger partial charge in [-0.1, -0.05) is 39.0 Å². The third-order valence-corrected chi connectivity index (χ3v) is 3.44. The lowest BCUT2D eigenvalue weighted by atomic mass is 9.85. The van der Waals surface area contributed by atoms with Crippen LogP contribution < -0.4 is 0 Å². The zero-order valence-corrected chi connectivity index (χ0v) is 14.1. The molecule has 0 atom stereocenters. The fourth-order valence-corrected chi connectivity index (χ4v) is 2.86. The van der Waals surface area contributed by atoms with E-state index in [9.17, 15) is 4.79 Å². The van der Waals surface area contributed by atoms with E-state index in [1.807, 2.05) is 45.9 Å². The highest BCUT2D eigenvalue weighted by Crippen LogP contribution is 2.35. The number of rotatable bonds is 0. The second-order valence-electron chi connectivity index (χ2n) is 7.54. The standard InChI is InChI=1S/C18H25NO2/c1-12-15(17(2,3)4)13-10-8-9-11-14(13)19(12)16(20)21-18(5,6)7/h8-11H,1-7H3. The van der Waals surface area contributed by atoms with Crippen LogP contribution in [0.4, 0.5) is 4.79 Å². The first-order chi connectivity index (χ1) is 9.52. The van der Waals surface area contributed by atoms with Gasteiger partial charge in [-0.05, 0) is 44.7 Å². The Morgan fingerprint density at radius 2 is 1.62 bits per heavy atom. The molecule has 0 fully saturated rings. The van der Waals surface area contributed by atoms with Gasteiger partial charge in [0.2, 0.25) is 0 Å². The van der Waals surface area contributed by atoms with E-state index in [2.05, 4.69) is 26.8 Å². The van der Waals surface area contributed by atoms with E-state index in [-0.39, 0.29) is 11.5 Å². The predicted octanol–water partition coefficient (Wildman–Crippen LogP) is 5.03. The Hall–Kier alpha value is -1.77. The van der Waals surface area contributed by atoms with Gasteiger partial charge >= 0.3 is 6.09 Å². The molecule has 1 aromatic carbocycles. The van der Waals surface area contributed by atoms with Crippen LogP contribution in [0.3, 0.4) is 0 Å². The molecule has 1 aromatic heterocycles. The van der Waals surface area contributed by atoms with Crippen LogP contribution >= 0.6 is 0 Å². The number of hydrogen-bond acceptors (Lipinski definition) is 2. The summed E-state index contributed by atoms with van der Waals surface area (Å²) in [5.41, 5.74) is 2.53. The van der Waals surface area contributed by atoms with Crippen LogP contribution in [0, 0.1) is 6.92 Å². The lowest BCUT2D eigenvalue weighted by Gasteiger charge is -2.22. The number of hydrogen-bond donors (Lipinski definition) is 0. The number of para-hydroxylation sites is 1. The van der Waals surface area contributed by atoms with Crippen molar-refractivity contribution in [3.8, 4) is 0 Å². The molecule has 0 saturated carbocycles. The zero-order valence-electron chi connectivity index (χ0n) is 14.1. The Balaban J connectivity index is 2.70. The number of ether oxygens (including phenoxy) is 1. The van der Waals surface area contributed by atoms with Gasteiger partial charge in [-0.15, -0.1) is 0 Å². The van der Waals surface area contributed by atoms with Gasteiger partial charge in [0.25, 0.3) is 0 Å². The van der Waals surface area contributed by atoms with Gasteiger partial charge in [-0.25, -0.2) is 9.36 Å². The number of carbonyl (C=O) groups excluding carboxylic acids is 1. The normalized spacial score (nSPS) is 12.7. The largest absolute Gasteiger partial charge is 0.443 e. The second-order valence-corrected chi connectivity index (χ2v) is 7.54. The molecule has 0 spiro atoms. The van der Waals surface area contributed by atoms with Gasteiger partial charge < -0.3 is 4.74 Å². The van der Waals surface area contributed by atoms with Gasteiger partial charge in [-0.2, -0.15) is 0 Å². The van der Waals surface area contributed by atoms with Crippen molar-refractivity contribution >= 4 is 17.0 Å². The summed E-state index contributed by atoms with van der Waals surface area (Å²) < 4.78 is 7.26. The molecule has 2 aromatic rings. The topological polar surface area (TPSA) is 31.2 Å². The summed E-state index contributed by atoms with van der Waals surface area (Å²) in [5, 5.41) is 1.12. The van der Waals surface area contributed by atoms with Crippen LogP contribution in [-0.2, 0) is 10.2 Å². The van der Waals surface area contributed by atoms with Crippen LogP contribution in [-0.4, -0.2) is 16.3 Å². The van der Waals surface area contributed by atoms with E-state index in [1.165, 1.54) is 5.56 Å². The van der Waals surface area contributed by atoms with Crippen molar-refractivity contribution in [1.82, 2.24) is 4.57 Å². The molecule has 114 valence electrons. The molecule has 0 radical (unpaired) electrons. The average Bonchev–Trinajstić information content (AvgIpc) is 2.57. The molecule has 1 heterocycles. The molecule has 2 rings (SSSR count). The SMILES string of the molecule is Cc1c(C(C)(C)C)c2ccccc2n1C(=O)OC(C)(C)C. The van der Waals surface area contributed by atoms with Crippen LogP contribution in [0.1, 0.15) is 52.8 Å². The molecule has 21 heavy (non-hydrogen) atoms. The van der Waals surface area contributed by atoms with E-state index < -0.39 is 5.60 Å². The molecular weight excluding hydrogens is 262 g/mol. The summed E-state index contributed by atoms with van der Waals surface area (Å²) in [4.78, 5) is 12.6. The predicted molar refractivity (Wildman–Crippen MR) is 87.0 cm³/mol. The second kappa shape index (κ2) is 4.90. The number of aromatic nitrogens is 1. The summed E-state index contributed by atoms with van der Waals surface area (Å²) in [6, 6.07) is 8.01.